The van der Waals surface area contributed by atoms with Crippen LogP contribution in [0, 0.1) is 0 Å². The standard InChI is InChI=1S/C18H20N6/c1-24(12-17-14-5-4-7-15(14)22-23-17)11-13-9-20-18(21-10-13)16-6-2-3-8-19-16/h2-3,6,8-10H,4-5,7,11-12H2,1H3,(H,22,23). The van der Waals surface area contributed by atoms with Gasteiger partial charge in [0.05, 0.1) is 5.69 Å². The summed E-state index contributed by atoms with van der Waals surface area (Å²) in [6.07, 6.45) is 9.03. The lowest BCUT2D eigenvalue weighted by atomic mass is 10.2. The molecule has 0 amide bonds. The molecule has 3 aromatic heterocycles. The van der Waals surface area contributed by atoms with E-state index in [9.17, 15) is 0 Å². The van der Waals surface area contributed by atoms with Crippen LogP contribution in [-0.2, 0) is 25.9 Å². The zero-order valence-electron chi connectivity index (χ0n) is 13.7. The minimum Gasteiger partial charge on any atom is -0.296 e. The highest BCUT2D eigenvalue weighted by atomic mass is 15.2. The van der Waals surface area contributed by atoms with E-state index in [1.165, 1.54) is 23.4 Å². The zero-order chi connectivity index (χ0) is 16.4. The van der Waals surface area contributed by atoms with Gasteiger partial charge in [-0.05, 0) is 44.0 Å². The number of H-pyrrole nitrogens is 1. The van der Waals surface area contributed by atoms with Crippen molar-refractivity contribution in [2.45, 2.75) is 32.4 Å². The van der Waals surface area contributed by atoms with Crippen LogP contribution in [0.5, 0.6) is 0 Å². The van der Waals surface area contributed by atoms with E-state index in [0.717, 1.165) is 37.2 Å². The van der Waals surface area contributed by atoms with E-state index >= 15 is 0 Å². The Labute approximate surface area is 141 Å². The molecule has 4 rings (SSSR count). The quantitative estimate of drug-likeness (QED) is 0.781. The van der Waals surface area contributed by atoms with E-state index in [-0.39, 0.29) is 0 Å². The molecule has 1 aliphatic rings. The fourth-order valence-electron chi connectivity index (χ4n) is 3.21. The van der Waals surface area contributed by atoms with E-state index < -0.39 is 0 Å². The summed E-state index contributed by atoms with van der Waals surface area (Å²) in [5, 5.41) is 7.64. The summed E-state index contributed by atoms with van der Waals surface area (Å²) >= 11 is 0. The first-order valence-electron chi connectivity index (χ1n) is 8.25. The van der Waals surface area contributed by atoms with Crippen molar-refractivity contribution in [2.24, 2.45) is 0 Å². The second-order valence-corrected chi connectivity index (χ2v) is 6.28. The highest BCUT2D eigenvalue weighted by Crippen LogP contribution is 2.23. The van der Waals surface area contributed by atoms with Gasteiger partial charge in [0.1, 0.15) is 5.69 Å². The van der Waals surface area contributed by atoms with E-state index in [1.54, 1.807) is 6.20 Å². The Hall–Kier alpha value is -2.60. The fraction of sp³-hybridized carbons (Fsp3) is 0.333. The molecule has 24 heavy (non-hydrogen) atoms. The molecule has 1 N–H and O–H groups in total. The van der Waals surface area contributed by atoms with Gasteiger partial charge in [-0.25, -0.2) is 9.97 Å². The molecule has 0 bridgehead atoms. The molecule has 0 aliphatic heterocycles. The first kappa shape index (κ1) is 15.0. The van der Waals surface area contributed by atoms with Crippen LogP contribution < -0.4 is 0 Å². The Balaban J connectivity index is 1.41. The number of fused-ring (bicyclic) bond motifs is 1. The molecule has 122 valence electrons. The molecule has 1 aliphatic carbocycles. The summed E-state index contributed by atoms with van der Waals surface area (Å²) < 4.78 is 0. The third kappa shape index (κ3) is 3.05. The monoisotopic (exact) mass is 320 g/mol. The summed E-state index contributed by atoms with van der Waals surface area (Å²) in [6, 6.07) is 5.74. The van der Waals surface area contributed by atoms with Crippen molar-refractivity contribution < 1.29 is 0 Å². The van der Waals surface area contributed by atoms with Crippen molar-refractivity contribution in [1.82, 2.24) is 30.0 Å². The van der Waals surface area contributed by atoms with Gasteiger partial charge in [-0.1, -0.05) is 6.07 Å². The van der Waals surface area contributed by atoms with Gasteiger partial charge in [0, 0.05) is 42.9 Å². The summed E-state index contributed by atoms with van der Waals surface area (Å²) in [4.78, 5) is 15.4. The predicted molar refractivity (Wildman–Crippen MR) is 91.0 cm³/mol. The molecule has 0 atom stereocenters. The van der Waals surface area contributed by atoms with Crippen molar-refractivity contribution in [3.63, 3.8) is 0 Å². The van der Waals surface area contributed by atoms with Crippen molar-refractivity contribution >= 4 is 0 Å². The number of pyridine rings is 1. The first-order chi connectivity index (χ1) is 11.8. The smallest absolute Gasteiger partial charge is 0.178 e. The summed E-state index contributed by atoms with van der Waals surface area (Å²) in [6.45, 7) is 1.64. The summed E-state index contributed by atoms with van der Waals surface area (Å²) in [7, 11) is 2.10. The molecule has 3 heterocycles. The van der Waals surface area contributed by atoms with Crippen molar-refractivity contribution in [3.05, 3.63) is 59.3 Å². The second-order valence-electron chi connectivity index (χ2n) is 6.28. The largest absolute Gasteiger partial charge is 0.296 e. The number of nitrogens with one attached hydrogen (secondary N) is 1. The van der Waals surface area contributed by atoms with Gasteiger partial charge in [0.25, 0.3) is 0 Å². The number of nitrogens with zero attached hydrogens (tertiary/aromatic N) is 5. The maximum absolute atomic E-state index is 4.47. The lowest BCUT2D eigenvalue weighted by molar-refractivity contribution is 0.313. The van der Waals surface area contributed by atoms with Crippen LogP contribution in [0.15, 0.2) is 36.8 Å². The van der Waals surface area contributed by atoms with Gasteiger partial charge < -0.3 is 0 Å². The number of aromatic nitrogens is 5. The molecule has 3 aromatic rings. The zero-order valence-corrected chi connectivity index (χ0v) is 13.7. The Kier molecular flexibility index (Phi) is 4.04. The van der Waals surface area contributed by atoms with E-state index in [0.29, 0.717) is 5.82 Å². The number of hydrogen-bond donors (Lipinski definition) is 1. The Morgan fingerprint density at radius 2 is 1.96 bits per heavy atom. The average molecular weight is 320 g/mol. The molecule has 0 spiro atoms. The first-order valence-corrected chi connectivity index (χ1v) is 8.25. The topological polar surface area (TPSA) is 70.6 Å². The molecule has 6 nitrogen and oxygen atoms in total. The Bertz CT molecular complexity index is 809. The minimum absolute atomic E-state index is 0.659. The predicted octanol–water partition coefficient (Wildman–Crippen LogP) is 2.38. The molecule has 0 fully saturated rings. The van der Waals surface area contributed by atoms with E-state index in [1.807, 2.05) is 30.6 Å². The Morgan fingerprint density at radius 3 is 2.75 bits per heavy atom. The summed E-state index contributed by atoms with van der Waals surface area (Å²) in [5.41, 5.74) is 5.80. The SMILES string of the molecule is CN(Cc1cnc(-c2ccccn2)nc1)Cc1n[nH]c2c1CCC2. The van der Waals surface area contributed by atoms with Crippen molar-refractivity contribution in [1.29, 1.82) is 0 Å². The maximum atomic E-state index is 4.47. The van der Waals surface area contributed by atoms with Crippen LogP contribution in [0.25, 0.3) is 11.5 Å². The number of rotatable bonds is 5. The van der Waals surface area contributed by atoms with Gasteiger partial charge in [-0.2, -0.15) is 5.10 Å². The van der Waals surface area contributed by atoms with Crippen LogP contribution in [0.4, 0.5) is 0 Å². The molecular formula is C18H20N6. The van der Waals surface area contributed by atoms with Gasteiger partial charge in [0.15, 0.2) is 5.82 Å². The second kappa shape index (κ2) is 6.49. The fourth-order valence-corrected chi connectivity index (χ4v) is 3.21. The molecule has 0 unspecified atom stereocenters. The molecule has 0 saturated heterocycles. The third-order valence-corrected chi connectivity index (χ3v) is 4.36. The number of hydrogen-bond acceptors (Lipinski definition) is 5. The number of aromatic amines is 1. The molecule has 0 aromatic carbocycles. The highest BCUT2D eigenvalue weighted by Gasteiger charge is 2.19. The van der Waals surface area contributed by atoms with E-state index in [4.69, 9.17) is 0 Å². The van der Waals surface area contributed by atoms with Gasteiger partial charge in [-0.15, -0.1) is 0 Å². The van der Waals surface area contributed by atoms with E-state index in [2.05, 4.69) is 37.1 Å². The lowest BCUT2D eigenvalue weighted by Gasteiger charge is -2.15. The van der Waals surface area contributed by atoms with Crippen molar-refractivity contribution in [2.75, 3.05) is 7.05 Å². The van der Waals surface area contributed by atoms with Crippen LogP contribution in [0.1, 0.15) is 28.9 Å². The number of aryl methyl sites for hydroxylation is 1. The average Bonchev–Trinajstić information content (AvgIpc) is 3.22. The maximum Gasteiger partial charge on any atom is 0.178 e. The summed E-state index contributed by atoms with van der Waals surface area (Å²) in [5.74, 6) is 0.659. The van der Waals surface area contributed by atoms with Crippen LogP contribution >= 0.6 is 0 Å². The van der Waals surface area contributed by atoms with Crippen molar-refractivity contribution in [3.8, 4) is 11.5 Å². The van der Waals surface area contributed by atoms with Gasteiger partial charge in [-0.3, -0.25) is 15.0 Å². The Morgan fingerprint density at radius 1 is 1.08 bits per heavy atom. The third-order valence-electron chi connectivity index (χ3n) is 4.36. The molecule has 0 radical (unpaired) electrons. The minimum atomic E-state index is 0.659. The molecule has 0 saturated carbocycles. The van der Waals surface area contributed by atoms with Crippen LogP contribution in [0.2, 0.25) is 0 Å². The van der Waals surface area contributed by atoms with Gasteiger partial charge >= 0.3 is 0 Å². The highest BCUT2D eigenvalue weighted by molar-refractivity contribution is 5.47. The molecule has 6 heteroatoms. The van der Waals surface area contributed by atoms with Crippen LogP contribution in [0.3, 0.4) is 0 Å². The van der Waals surface area contributed by atoms with Crippen LogP contribution in [-0.4, -0.2) is 37.1 Å². The molecular weight excluding hydrogens is 300 g/mol. The normalized spacial score (nSPS) is 13.4. The lowest BCUT2D eigenvalue weighted by Crippen LogP contribution is -2.18. The van der Waals surface area contributed by atoms with Gasteiger partial charge in [0.2, 0.25) is 0 Å².